The van der Waals surface area contributed by atoms with Gasteiger partial charge in [-0.3, -0.25) is 9.59 Å². The Bertz CT molecular complexity index is 1210. The van der Waals surface area contributed by atoms with E-state index in [0.29, 0.717) is 30.5 Å². The molecule has 1 aromatic rings. The Morgan fingerprint density at radius 3 is 2.32 bits per heavy atom. The first-order valence-electron chi connectivity index (χ1n) is 16.3. The number of cyclic esters (lactones) is 1. The molecule has 10 atom stereocenters. The number of carbonyl (C=O) groups excluding carboxylic acids is 2. The lowest BCUT2D eigenvalue weighted by atomic mass is 9.80. The normalized spacial score (nSPS) is 35.7. The zero-order chi connectivity index (χ0) is 35.5. The van der Waals surface area contributed by atoms with Gasteiger partial charge in [-0.2, -0.15) is 10.2 Å². The van der Waals surface area contributed by atoms with Crippen LogP contribution in [0.25, 0.3) is 0 Å². The monoisotopic (exact) mass is 665 g/mol. The van der Waals surface area contributed by atoms with Crippen molar-refractivity contribution in [2.45, 2.75) is 122 Å². The lowest BCUT2D eigenvalue weighted by Crippen LogP contribution is -2.55. The van der Waals surface area contributed by atoms with E-state index >= 15 is 0 Å². The average Bonchev–Trinajstić information content (AvgIpc) is 3.03. The third-order valence-electron chi connectivity index (χ3n) is 9.10. The first-order valence-corrected chi connectivity index (χ1v) is 16.3. The van der Waals surface area contributed by atoms with Crippen molar-refractivity contribution < 1.29 is 49.3 Å². The minimum atomic E-state index is -1.81. The van der Waals surface area contributed by atoms with Gasteiger partial charge < -0.3 is 44.6 Å². The summed E-state index contributed by atoms with van der Waals surface area (Å²) in [4.78, 5) is 27.1. The molecule has 0 amide bonds. The van der Waals surface area contributed by atoms with E-state index in [1.165, 1.54) is 26.1 Å². The van der Waals surface area contributed by atoms with Crippen molar-refractivity contribution >= 4 is 23.7 Å². The lowest BCUT2D eigenvalue weighted by Gasteiger charge is -2.39. The van der Waals surface area contributed by atoms with Crippen LogP contribution in [-0.2, 0) is 23.8 Å². The number of phenols is 1. The van der Waals surface area contributed by atoms with Crippen molar-refractivity contribution in [1.82, 2.24) is 4.90 Å². The van der Waals surface area contributed by atoms with Gasteiger partial charge in [0.15, 0.2) is 6.29 Å². The molecular weight excluding hydrogens is 610 g/mol. The van der Waals surface area contributed by atoms with E-state index in [2.05, 4.69) is 10.2 Å². The van der Waals surface area contributed by atoms with Gasteiger partial charge in [-0.25, -0.2) is 0 Å². The molecule has 2 fully saturated rings. The number of ether oxygens (including phenoxy) is 3. The van der Waals surface area contributed by atoms with Gasteiger partial charge in [-0.1, -0.05) is 26.0 Å². The first kappa shape index (κ1) is 40.4. The molecule has 47 heavy (non-hydrogen) atoms. The van der Waals surface area contributed by atoms with Crippen LogP contribution in [0.4, 0.5) is 0 Å². The zero-order valence-corrected chi connectivity index (χ0v) is 28.9. The molecule has 3 rings (SSSR count). The number of nitrogens with zero attached hydrogens (tertiary/aromatic N) is 3. The van der Waals surface area contributed by atoms with Gasteiger partial charge >= 0.3 is 5.97 Å². The molecule has 2 aliphatic heterocycles. The number of hydrogen-bond donors (Lipinski definition) is 5. The molecule has 13 nitrogen and oxygen atoms in total. The second kappa shape index (κ2) is 18.7. The Balaban J connectivity index is 0.000000535. The number of likely N-dealkylation sites (N-methyl/N-ethyl adjacent to an activating group) is 1. The molecule has 2 aliphatic rings. The van der Waals surface area contributed by atoms with Gasteiger partial charge in [-0.15, -0.1) is 0 Å². The number of esters is 1. The van der Waals surface area contributed by atoms with Gasteiger partial charge in [0.05, 0.1) is 24.5 Å². The summed E-state index contributed by atoms with van der Waals surface area (Å²) >= 11 is 0. The van der Waals surface area contributed by atoms with E-state index in [1.54, 1.807) is 39.2 Å². The average molecular weight is 666 g/mol. The summed E-state index contributed by atoms with van der Waals surface area (Å²) in [7, 11) is 5.33. The Morgan fingerprint density at radius 1 is 1.09 bits per heavy atom. The van der Waals surface area contributed by atoms with E-state index in [1.807, 2.05) is 25.9 Å². The minimum absolute atomic E-state index is 0.01000. The maximum atomic E-state index is 12.6. The molecule has 0 saturated carbocycles. The van der Waals surface area contributed by atoms with Crippen LogP contribution in [0.15, 0.2) is 34.5 Å². The highest BCUT2D eigenvalue weighted by atomic mass is 16.6. The number of aliphatic hydroxyl groups excluding tert-OH is 3. The Morgan fingerprint density at radius 2 is 1.72 bits per heavy atom. The quantitative estimate of drug-likeness (QED) is 0.134. The zero-order valence-electron chi connectivity index (χ0n) is 28.9. The predicted molar refractivity (Wildman–Crippen MR) is 177 cm³/mol. The molecule has 0 bridgehead atoms. The van der Waals surface area contributed by atoms with Crippen molar-refractivity contribution in [3.05, 3.63) is 29.8 Å². The van der Waals surface area contributed by atoms with Gasteiger partial charge in [0.25, 0.3) is 0 Å². The highest BCUT2D eigenvalue weighted by molar-refractivity contribution is 5.98. The number of hydrogen-bond acceptors (Lipinski definition) is 13. The number of benzene rings is 1. The summed E-state index contributed by atoms with van der Waals surface area (Å²) < 4.78 is 16.1. The molecule has 13 heteroatoms. The Labute approximate surface area is 278 Å². The number of carbonyl (C=O) groups is 2. The van der Waals surface area contributed by atoms with Crippen molar-refractivity contribution in [2.75, 3.05) is 21.2 Å². The Kier molecular flexibility index (Phi) is 16.1. The number of methoxy groups -OCH3 is 1. The fourth-order valence-electron chi connectivity index (χ4n) is 5.77. The molecule has 2 saturated heterocycles. The van der Waals surface area contributed by atoms with E-state index < -0.39 is 48.0 Å². The van der Waals surface area contributed by atoms with Gasteiger partial charge in [-0.05, 0) is 79.1 Å². The molecule has 9 unspecified atom stereocenters. The highest BCUT2D eigenvalue weighted by Crippen LogP contribution is 2.29. The Hall–Kier alpha value is -2.78. The number of aliphatic hydroxyl groups is 4. The van der Waals surface area contributed by atoms with Crippen LogP contribution in [0.3, 0.4) is 0 Å². The molecule has 0 radical (unpaired) electrons. The summed E-state index contributed by atoms with van der Waals surface area (Å²) in [6.45, 7) is 8.25. The first-order chi connectivity index (χ1) is 22.0. The fraction of sp³-hybridized carbons (Fsp3) is 0.706. The lowest BCUT2D eigenvalue weighted by molar-refractivity contribution is -0.230. The summed E-state index contributed by atoms with van der Waals surface area (Å²) in [5, 5.41) is 59.6. The molecule has 1 aromatic carbocycles. The smallest absolute Gasteiger partial charge is 0.316 e. The van der Waals surface area contributed by atoms with Crippen LogP contribution in [0.1, 0.15) is 78.7 Å². The molecular formula is C34H55N3O10. The predicted octanol–water partition coefficient (Wildman–Crippen LogP) is 2.44. The van der Waals surface area contributed by atoms with E-state index in [9.17, 15) is 35.1 Å². The topological polar surface area (TPSA) is 191 Å². The summed E-state index contributed by atoms with van der Waals surface area (Å²) in [5.74, 6) is -2.55. The largest absolute Gasteiger partial charge is 0.507 e. The number of rotatable bonds is 5. The van der Waals surface area contributed by atoms with Gasteiger partial charge in [0, 0.05) is 36.8 Å². The van der Waals surface area contributed by atoms with Gasteiger partial charge in [0.1, 0.15) is 35.3 Å². The second-order valence-electron chi connectivity index (χ2n) is 12.9. The molecule has 2 heterocycles. The van der Waals surface area contributed by atoms with Crippen LogP contribution in [0, 0.1) is 11.8 Å². The maximum absolute atomic E-state index is 12.6. The van der Waals surface area contributed by atoms with E-state index in [0.717, 1.165) is 6.42 Å². The third-order valence-corrected chi connectivity index (χ3v) is 9.10. The van der Waals surface area contributed by atoms with Crippen LogP contribution < -0.4 is 0 Å². The van der Waals surface area contributed by atoms with Crippen LogP contribution in [-0.4, -0.2) is 124 Å². The molecule has 0 spiro atoms. The fourth-order valence-corrected chi connectivity index (χ4v) is 5.77. The van der Waals surface area contributed by atoms with Crippen LogP contribution >= 0.6 is 0 Å². The standard InChI is InChI=1S/C26H38N2O7.C8H17NO3/c1-6-23-26(4,33)24(31)16(2)20(28-27-15-18-9-7-8-10-22(18)30)13-11-19(34-5)12-14-21(29)17(3)25(32)35-23;1-5-4-6(9(2)3)7(10)8(11)12-5/h7-10,15-17,19,23-24,30-31,33H,6,11-14H2,1-5H3;5-8,10-11H,4H2,1-3H3/b27-15+,28-20+;/t16?,17?,19?,23-,24?,26?;/m1./s1. The number of phenolic OH excluding ortho intramolecular Hbond substituents is 1. The van der Waals surface area contributed by atoms with E-state index in [-0.39, 0.29) is 42.6 Å². The summed E-state index contributed by atoms with van der Waals surface area (Å²) in [6, 6.07) is 6.68. The minimum Gasteiger partial charge on any atom is -0.507 e. The maximum Gasteiger partial charge on any atom is 0.316 e. The summed E-state index contributed by atoms with van der Waals surface area (Å²) in [5.41, 5.74) is -0.817. The second-order valence-corrected chi connectivity index (χ2v) is 12.9. The number of ketones is 1. The number of para-hydroxylation sites is 1. The summed E-state index contributed by atoms with van der Waals surface area (Å²) in [6.07, 6.45) is -0.578. The van der Waals surface area contributed by atoms with Crippen molar-refractivity contribution in [3.8, 4) is 5.75 Å². The van der Waals surface area contributed by atoms with Crippen LogP contribution in [0.2, 0.25) is 0 Å². The van der Waals surface area contributed by atoms with Gasteiger partial charge in [0.2, 0.25) is 0 Å². The molecule has 0 aromatic heterocycles. The van der Waals surface area contributed by atoms with Crippen LogP contribution in [0.5, 0.6) is 5.75 Å². The molecule has 0 aliphatic carbocycles. The van der Waals surface area contributed by atoms with Crippen molar-refractivity contribution in [1.29, 1.82) is 0 Å². The highest BCUT2D eigenvalue weighted by Gasteiger charge is 2.45. The van der Waals surface area contributed by atoms with Crippen molar-refractivity contribution in [3.63, 3.8) is 0 Å². The van der Waals surface area contributed by atoms with Crippen molar-refractivity contribution in [2.24, 2.45) is 22.0 Å². The SMILES string of the molecule is CC1CC(N(C)C)C(O)C(O)O1.CC[C@H]1OC(=O)C(C)C(=O)CCC(OC)CC/C(=N\N=C\c2ccccc2O)C(C)C(O)C1(C)O. The number of Topliss-reactive ketones (excluding diaryl/α,β-unsaturated/α-hetero) is 1. The molecule has 266 valence electrons. The third kappa shape index (κ3) is 11.4. The molecule has 5 N–H and O–H groups in total. The number of aromatic hydroxyl groups is 1. The van der Waals surface area contributed by atoms with E-state index in [4.69, 9.17) is 14.2 Å².